The molecule has 1 aliphatic carbocycles. The molecule has 2 aromatic rings. The molecule has 1 N–H and O–H groups in total. The minimum absolute atomic E-state index is 0.265. The highest BCUT2D eigenvalue weighted by Crippen LogP contribution is 2.32. The highest BCUT2D eigenvalue weighted by atomic mass is 32.1. The van der Waals surface area contributed by atoms with Gasteiger partial charge in [-0.05, 0) is 51.1 Å². The summed E-state index contributed by atoms with van der Waals surface area (Å²) in [6.45, 7) is 4.01. The molecular formula is C13H19N5OS. The Labute approximate surface area is 122 Å². The SMILES string of the molecule is Cc1noc(C2CCC(NC(C)c3csnn3)CC2)n1. The van der Waals surface area contributed by atoms with Crippen LogP contribution in [0.3, 0.4) is 0 Å². The van der Waals surface area contributed by atoms with E-state index in [1.807, 2.05) is 12.3 Å². The van der Waals surface area contributed by atoms with E-state index in [-0.39, 0.29) is 6.04 Å². The molecule has 6 nitrogen and oxygen atoms in total. The first-order valence-corrected chi connectivity index (χ1v) is 7.89. The first kappa shape index (κ1) is 13.6. The Balaban J connectivity index is 1.51. The number of rotatable bonds is 4. The molecule has 0 amide bonds. The second-order valence-electron chi connectivity index (χ2n) is 5.45. The van der Waals surface area contributed by atoms with Crippen molar-refractivity contribution < 1.29 is 4.52 Å². The van der Waals surface area contributed by atoms with Crippen molar-refractivity contribution in [2.24, 2.45) is 0 Å². The Morgan fingerprint density at radius 2 is 2.15 bits per heavy atom. The van der Waals surface area contributed by atoms with E-state index >= 15 is 0 Å². The van der Waals surface area contributed by atoms with E-state index in [1.165, 1.54) is 11.5 Å². The van der Waals surface area contributed by atoms with Gasteiger partial charge < -0.3 is 9.84 Å². The van der Waals surface area contributed by atoms with Crippen LogP contribution in [0.1, 0.15) is 62.0 Å². The van der Waals surface area contributed by atoms with Gasteiger partial charge in [0, 0.05) is 23.4 Å². The molecule has 0 bridgehead atoms. The lowest BCUT2D eigenvalue weighted by Crippen LogP contribution is -2.34. The molecule has 0 saturated heterocycles. The van der Waals surface area contributed by atoms with Crippen LogP contribution in [0.2, 0.25) is 0 Å². The number of aryl methyl sites for hydroxylation is 1. The first-order chi connectivity index (χ1) is 9.72. The van der Waals surface area contributed by atoms with Crippen LogP contribution in [-0.4, -0.2) is 25.8 Å². The lowest BCUT2D eigenvalue weighted by atomic mass is 9.85. The third-order valence-electron chi connectivity index (χ3n) is 3.93. The summed E-state index contributed by atoms with van der Waals surface area (Å²) in [5, 5.41) is 13.6. The fourth-order valence-corrected chi connectivity index (χ4v) is 3.33. The Bertz CT molecular complexity index is 533. The van der Waals surface area contributed by atoms with Crippen molar-refractivity contribution in [2.45, 2.75) is 57.5 Å². The predicted molar refractivity (Wildman–Crippen MR) is 75.5 cm³/mol. The van der Waals surface area contributed by atoms with Crippen molar-refractivity contribution in [3.63, 3.8) is 0 Å². The number of aromatic nitrogens is 4. The van der Waals surface area contributed by atoms with Crippen LogP contribution in [-0.2, 0) is 0 Å². The summed E-state index contributed by atoms with van der Waals surface area (Å²) >= 11 is 1.40. The van der Waals surface area contributed by atoms with E-state index in [9.17, 15) is 0 Å². The molecule has 7 heteroatoms. The Hall–Kier alpha value is -1.34. The van der Waals surface area contributed by atoms with Gasteiger partial charge in [-0.1, -0.05) is 9.64 Å². The third kappa shape index (κ3) is 3.04. The van der Waals surface area contributed by atoms with Crippen molar-refractivity contribution in [3.8, 4) is 0 Å². The van der Waals surface area contributed by atoms with Gasteiger partial charge in [-0.2, -0.15) is 4.98 Å². The van der Waals surface area contributed by atoms with Crippen LogP contribution in [0.15, 0.2) is 9.90 Å². The van der Waals surface area contributed by atoms with Crippen LogP contribution in [0.25, 0.3) is 0 Å². The smallest absolute Gasteiger partial charge is 0.229 e. The van der Waals surface area contributed by atoms with Crippen LogP contribution in [0, 0.1) is 6.92 Å². The van der Waals surface area contributed by atoms with Crippen molar-refractivity contribution in [1.29, 1.82) is 0 Å². The molecule has 0 aliphatic heterocycles. The standard InChI is InChI=1S/C13H19N5OS/c1-8(12-7-20-18-16-12)14-11-5-3-10(4-6-11)13-15-9(2)17-19-13/h7-8,10-11,14H,3-6H2,1-2H3. The van der Waals surface area contributed by atoms with Gasteiger partial charge in [0.15, 0.2) is 5.82 Å². The average molecular weight is 293 g/mol. The van der Waals surface area contributed by atoms with E-state index in [1.54, 1.807) is 0 Å². The van der Waals surface area contributed by atoms with Gasteiger partial charge in [-0.15, -0.1) is 5.10 Å². The van der Waals surface area contributed by atoms with Crippen LogP contribution < -0.4 is 5.32 Å². The molecule has 0 radical (unpaired) electrons. The van der Waals surface area contributed by atoms with Crippen molar-refractivity contribution in [1.82, 2.24) is 25.0 Å². The van der Waals surface area contributed by atoms with E-state index in [0.717, 1.165) is 43.1 Å². The number of nitrogens with zero attached hydrogens (tertiary/aromatic N) is 4. The third-order valence-corrected chi connectivity index (χ3v) is 4.45. The van der Waals surface area contributed by atoms with Crippen LogP contribution in [0.4, 0.5) is 0 Å². The molecule has 1 saturated carbocycles. The summed E-state index contributed by atoms with van der Waals surface area (Å²) in [5.41, 5.74) is 1.03. The summed E-state index contributed by atoms with van der Waals surface area (Å²) in [6.07, 6.45) is 4.46. The second-order valence-corrected chi connectivity index (χ2v) is 6.06. The van der Waals surface area contributed by atoms with E-state index < -0.39 is 0 Å². The number of hydrogen-bond acceptors (Lipinski definition) is 7. The van der Waals surface area contributed by atoms with Crippen LogP contribution >= 0.6 is 11.5 Å². The summed E-state index contributed by atoms with van der Waals surface area (Å²) in [6, 6.07) is 0.799. The van der Waals surface area contributed by atoms with Crippen LogP contribution in [0.5, 0.6) is 0 Å². The monoisotopic (exact) mass is 293 g/mol. The zero-order valence-electron chi connectivity index (χ0n) is 11.7. The molecule has 1 atom stereocenters. The van der Waals surface area contributed by atoms with Gasteiger partial charge in [0.2, 0.25) is 5.89 Å². The maximum atomic E-state index is 5.28. The van der Waals surface area contributed by atoms with Gasteiger partial charge in [-0.25, -0.2) is 0 Å². The van der Waals surface area contributed by atoms with E-state index in [4.69, 9.17) is 4.52 Å². The summed E-state index contributed by atoms with van der Waals surface area (Å²) in [5.74, 6) is 1.95. The topological polar surface area (TPSA) is 76.7 Å². The molecule has 0 aromatic carbocycles. The summed E-state index contributed by atoms with van der Waals surface area (Å²) < 4.78 is 9.20. The Kier molecular flexibility index (Phi) is 4.07. The zero-order valence-corrected chi connectivity index (χ0v) is 12.6. The van der Waals surface area contributed by atoms with Crippen molar-refractivity contribution >= 4 is 11.5 Å². The minimum Gasteiger partial charge on any atom is -0.339 e. The Morgan fingerprint density at radius 1 is 1.35 bits per heavy atom. The van der Waals surface area contributed by atoms with Gasteiger partial charge >= 0.3 is 0 Å². The molecule has 1 aliphatic rings. The Morgan fingerprint density at radius 3 is 2.75 bits per heavy atom. The van der Waals surface area contributed by atoms with Gasteiger partial charge in [0.05, 0.1) is 5.69 Å². The molecule has 1 unspecified atom stereocenters. The molecule has 2 aromatic heterocycles. The fourth-order valence-electron chi connectivity index (χ4n) is 2.79. The van der Waals surface area contributed by atoms with Crippen molar-refractivity contribution in [3.05, 3.63) is 22.8 Å². The minimum atomic E-state index is 0.265. The lowest BCUT2D eigenvalue weighted by molar-refractivity contribution is 0.272. The maximum absolute atomic E-state index is 5.28. The molecule has 3 rings (SSSR count). The van der Waals surface area contributed by atoms with E-state index in [2.05, 4.69) is 32.0 Å². The molecule has 108 valence electrons. The van der Waals surface area contributed by atoms with Gasteiger partial charge in [0.25, 0.3) is 0 Å². The quantitative estimate of drug-likeness (QED) is 0.933. The highest BCUT2D eigenvalue weighted by Gasteiger charge is 2.27. The second kappa shape index (κ2) is 5.97. The number of nitrogens with one attached hydrogen (secondary N) is 1. The first-order valence-electron chi connectivity index (χ1n) is 7.05. The molecule has 0 spiro atoms. The van der Waals surface area contributed by atoms with Crippen molar-refractivity contribution in [2.75, 3.05) is 0 Å². The van der Waals surface area contributed by atoms with Gasteiger partial charge in [0.1, 0.15) is 0 Å². The zero-order chi connectivity index (χ0) is 13.9. The summed E-state index contributed by atoms with van der Waals surface area (Å²) in [7, 11) is 0. The average Bonchev–Trinajstić information content (AvgIpc) is 3.10. The maximum Gasteiger partial charge on any atom is 0.229 e. The molecule has 1 fully saturated rings. The summed E-state index contributed by atoms with van der Waals surface area (Å²) in [4.78, 5) is 4.35. The van der Waals surface area contributed by atoms with E-state index in [0.29, 0.717) is 12.0 Å². The molecular weight excluding hydrogens is 274 g/mol. The molecule has 2 heterocycles. The van der Waals surface area contributed by atoms with Gasteiger partial charge in [-0.3, -0.25) is 0 Å². The normalized spacial score (nSPS) is 24.7. The fraction of sp³-hybridized carbons (Fsp3) is 0.692. The largest absolute Gasteiger partial charge is 0.339 e. The lowest BCUT2D eigenvalue weighted by Gasteiger charge is -2.29. The predicted octanol–water partition coefficient (Wildman–Crippen LogP) is 2.61. The highest BCUT2D eigenvalue weighted by molar-refractivity contribution is 7.03. The number of hydrogen-bond donors (Lipinski definition) is 1. The molecule has 20 heavy (non-hydrogen) atoms.